The second kappa shape index (κ2) is 7.62. The third-order valence-electron chi connectivity index (χ3n) is 4.71. The zero-order valence-electron chi connectivity index (χ0n) is 14.5. The molecule has 2 heterocycles. The summed E-state index contributed by atoms with van der Waals surface area (Å²) in [6, 6.07) is 16.7. The molecule has 2 aromatic heterocycles. The lowest BCUT2D eigenvalue weighted by molar-refractivity contribution is 0.806. The highest BCUT2D eigenvalue weighted by Crippen LogP contribution is 2.18. The molecule has 5 heteroatoms. The molecule has 0 aliphatic carbocycles. The fourth-order valence-corrected chi connectivity index (χ4v) is 3.56. The van der Waals surface area contributed by atoms with Gasteiger partial charge in [0.25, 0.3) is 0 Å². The van der Waals surface area contributed by atoms with Gasteiger partial charge < -0.3 is 20.6 Å². The van der Waals surface area contributed by atoms with Crippen molar-refractivity contribution in [2.24, 2.45) is 0 Å². The topological polar surface area (TPSA) is 55.6 Å². The SMILES string of the molecule is S=C(NCCc1c[nH]c2ccccc12)NCCc1c[nH]c2ccccc12. The normalized spacial score (nSPS) is 11.1. The molecular weight excluding hydrogens is 340 g/mol. The molecule has 0 aliphatic heterocycles. The van der Waals surface area contributed by atoms with Crippen molar-refractivity contribution in [3.8, 4) is 0 Å². The highest BCUT2D eigenvalue weighted by atomic mass is 32.1. The third kappa shape index (κ3) is 3.58. The van der Waals surface area contributed by atoms with E-state index in [1.807, 2.05) is 12.1 Å². The first-order valence-electron chi connectivity index (χ1n) is 8.93. The van der Waals surface area contributed by atoms with Crippen molar-refractivity contribution in [2.45, 2.75) is 12.8 Å². The second-order valence-corrected chi connectivity index (χ2v) is 6.81. The van der Waals surface area contributed by atoms with E-state index in [1.54, 1.807) is 0 Å². The summed E-state index contributed by atoms with van der Waals surface area (Å²) in [5.74, 6) is 0. The van der Waals surface area contributed by atoms with Crippen LogP contribution in [-0.4, -0.2) is 28.2 Å². The van der Waals surface area contributed by atoms with Crippen LogP contribution in [0.1, 0.15) is 11.1 Å². The standard InChI is InChI=1S/C21H22N4S/c26-21(22-11-9-15-13-24-19-7-3-1-5-17(15)19)23-12-10-16-14-25-20-8-4-2-6-18(16)20/h1-8,13-14,24-25H,9-12H2,(H2,22,23,26). The number of H-pyrrole nitrogens is 2. The summed E-state index contributed by atoms with van der Waals surface area (Å²) in [6.07, 6.45) is 6.04. The molecule has 26 heavy (non-hydrogen) atoms. The molecule has 4 nitrogen and oxygen atoms in total. The van der Waals surface area contributed by atoms with Crippen molar-refractivity contribution in [2.75, 3.05) is 13.1 Å². The van der Waals surface area contributed by atoms with Gasteiger partial charge in [-0.3, -0.25) is 0 Å². The van der Waals surface area contributed by atoms with Crippen LogP contribution in [0.4, 0.5) is 0 Å². The Morgan fingerprint density at radius 2 is 1.19 bits per heavy atom. The van der Waals surface area contributed by atoms with Crippen LogP contribution < -0.4 is 10.6 Å². The fourth-order valence-electron chi connectivity index (χ4n) is 3.36. The summed E-state index contributed by atoms with van der Waals surface area (Å²) in [4.78, 5) is 6.62. The first-order valence-corrected chi connectivity index (χ1v) is 9.34. The third-order valence-corrected chi connectivity index (χ3v) is 5.00. The number of nitrogens with one attached hydrogen (secondary N) is 4. The molecule has 0 radical (unpaired) electrons. The van der Waals surface area contributed by atoms with Gasteiger partial charge in [-0.05, 0) is 48.3 Å². The maximum atomic E-state index is 5.40. The average molecular weight is 363 g/mol. The van der Waals surface area contributed by atoms with Crippen LogP contribution in [0, 0.1) is 0 Å². The summed E-state index contributed by atoms with van der Waals surface area (Å²) in [5.41, 5.74) is 4.99. The van der Waals surface area contributed by atoms with Crippen molar-refractivity contribution in [3.63, 3.8) is 0 Å². The van der Waals surface area contributed by atoms with E-state index in [4.69, 9.17) is 12.2 Å². The summed E-state index contributed by atoms with van der Waals surface area (Å²) in [7, 11) is 0. The Morgan fingerprint density at radius 1 is 0.731 bits per heavy atom. The first-order chi connectivity index (χ1) is 12.8. The zero-order valence-corrected chi connectivity index (χ0v) is 15.3. The van der Waals surface area contributed by atoms with Gasteiger partial charge >= 0.3 is 0 Å². The van der Waals surface area contributed by atoms with Crippen LogP contribution in [-0.2, 0) is 12.8 Å². The summed E-state index contributed by atoms with van der Waals surface area (Å²) in [6.45, 7) is 1.64. The predicted molar refractivity (Wildman–Crippen MR) is 113 cm³/mol. The number of rotatable bonds is 6. The number of para-hydroxylation sites is 2. The summed E-state index contributed by atoms with van der Waals surface area (Å²) >= 11 is 5.40. The second-order valence-electron chi connectivity index (χ2n) is 6.40. The van der Waals surface area contributed by atoms with Gasteiger partial charge in [0, 0.05) is 47.3 Å². The number of aromatic amines is 2. The van der Waals surface area contributed by atoms with Gasteiger partial charge in [-0.1, -0.05) is 36.4 Å². The number of thiocarbonyl (C=S) groups is 1. The Hall–Kier alpha value is -2.79. The number of hydrogen-bond donors (Lipinski definition) is 4. The van der Waals surface area contributed by atoms with Crippen LogP contribution in [0.5, 0.6) is 0 Å². The molecule has 0 bridgehead atoms. The van der Waals surface area contributed by atoms with Crippen LogP contribution in [0.2, 0.25) is 0 Å². The monoisotopic (exact) mass is 362 g/mol. The molecule has 0 amide bonds. The minimum atomic E-state index is 0.713. The molecule has 4 aromatic rings. The van der Waals surface area contributed by atoms with E-state index < -0.39 is 0 Å². The van der Waals surface area contributed by atoms with Crippen molar-refractivity contribution in [1.29, 1.82) is 0 Å². The molecule has 0 unspecified atom stereocenters. The number of aromatic nitrogens is 2. The molecule has 0 saturated carbocycles. The Kier molecular flexibility index (Phi) is 4.88. The molecule has 4 rings (SSSR count). The zero-order chi connectivity index (χ0) is 17.8. The summed E-state index contributed by atoms with van der Waals surface area (Å²) < 4.78 is 0. The van der Waals surface area contributed by atoms with E-state index in [-0.39, 0.29) is 0 Å². The highest BCUT2D eigenvalue weighted by molar-refractivity contribution is 7.80. The quantitative estimate of drug-likeness (QED) is 0.394. The molecule has 0 atom stereocenters. The van der Waals surface area contributed by atoms with Gasteiger partial charge in [0.05, 0.1) is 0 Å². The number of hydrogen-bond acceptors (Lipinski definition) is 1. The average Bonchev–Trinajstić information content (AvgIpc) is 3.27. The van der Waals surface area contributed by atoms with Gasteiger partial charge in [-0.2, -0.15) is 0 Å². The minimum absolute atomic E-state index is 0.713. The maximum Gasteiger partial charge on any atom is 0.166 e. The van der Waals surface area contributed by atoms with Gasteiger partial charge in [0.2, 0.25) is 0 Å². The Bertz CT molecular complexity index is 949. The molecule has 0 aliphatic rings. The molecular formula is C21H22N4S. The van der Waals surface area contributed by atoms with Gasteiger partial charge in [0.1, 0.15) is 0 Å². The van der Waals surface area contributed by atoms with E-state index in [9.17, 15) is 0 Å². The molecule has 132 valence electrons. The van der Waals surface area contributed by atoms with Crippen molar-refractivity contribution in [1.82, 2.24) is 20.6 Å². The molecule has 4 N–H and O–H groups in total. The van der Waals surface area contributed by atoms with Gasteiger partial charge in [0.15, 0.2) is 5.11 Å². The first kappa shape index (κ1) is 16.7. The van der Waals surface area contributed by atoms with E-state index in [0.29, 0.717) is 5.11 Å². The Morgan fingerprint density at radius 3 is 1.69 bits per heavy atom. The van der Waals surface area contributed by atoms with Crippen molar-refractivity contribution in [3.05, 3.63) is 72.1 Å². The van der Waals surface area contributed by atoms with Crippen LogP contribution in [0.15, 0.2) is 60.9 Å². The minimum Gasteiger partial charge on any atom is -0.362 e. The van der Waals surface area contributed by atoms with Gasteiger partial charge in [-0.25, -0.2) is 0 Å². The molecule has 0 saturated heterocycles. The lowest BCUT2D eigenvalue weighted by Crippen LogP contribution is -2.37. The molecule has 0 fully saturated rings. The highest BCUT2D eigenvalue weighted by Gasteiger charge is 2.04. The van der Waals surface area contributed by atoms with E-state index >= 15 is 0 Å². The van der Waals surface area contributed by atoms with Crippen LogP contribution in [0.25, 0.3) is 21.8 Å². The van der Waals surface area contributed by atoms with Crippen LogP contribution in [0.3, 0.4) is 0 Å². The fraction of sp³-hybridized carbons (Fsp3) is 0.190. The Labute approximate surface area is 158 Å². The smallest absolute Gasteiger partial charge is 0.166 e. The van der Waals surface area contributed by atoms with E-state index in [2.05, 4.69) is 69.4 Å². The lowest BCUT2D eigenvalue weighted by Gasteiger charge is -2.10. The van der Waals surface area contributed by atoms with E-state index in [0.717, 1.165) is 25.9 Å². The number of benzene rings is 2. The Balaban J connectivity index is 1.23. The van der Waals surface area contributed by atoms with Crippen molar-refractivity contribution >= 4 is 39.1 Å². The number of fused-ring (bicyclic) bond motifs is 2. The lowest BCUT2D eigenvalue weighted by atomic mass is 10.1. The van der Waals surface area contributed by atoms with Crippen molar-refractivity contribution < 1.29 is 0 Å². The molecule has 0 spiro atoms. The maximum absolute atomic E-state index is 5.40. The van der Waals surface area contributed by atoms with E-state index in [1.165, 1.54) is 32.9 Å². The summed E-state index contributed by atoms with van der Waals surface area (Å²) in [5, 5.41) is 9.89. The van der Waals surface area contributed by atoms with Gasteiger partial charge in [-0.15, -0.1) is 0 Å². The largest absolute Gasteiger partial charge is 0.362 e. The predicted octanol–water partition coefficient (Wildman–Crippen LogP) is 3.90. The van der Waals surface area contributed by atoms with Crippen LogP contribution >= 0.6 is 12.2 Å². The molecule has 2 aromatic carbocycles.